The van der Waals surface area contributed by atoms with Gasteiger partial charge in [0.2, 0.25) is 0 Å². The zero-order chi connectivity index (χ0) is 16.0. The predicted octanol–water partition coefficient (Wildman–Crippen LogP) is 3.87. The minimum absolute atomic E-state index is 0. The summed E-state index contributed by atoms with van der Waals surface area (Å²) in [5.74, 6) is 0. The third kappa shape index (κ3) is 5.05. The van der Waals surface area contributed by atoms with Gasteiger partial charge in [-0.05, 0) is 37.1 Å². The number of benzene rings is 2. The Bertz CT molecular complexity index is 585. The van der Waals surface area contributed by atoms with Crippen LogP contribution in [-0.2, 0) is 11.3 Å². The molecule has 1 aliphatic heterocycles. The summed E-state index contributed by atoms with van der Waals surface area (Å²) in [5.41, 5.74) is 1.89. The van der Waals surface area contributed by atoms with Crippen LogP contribution in [0.25, 0.3) is 0 Å². The fraction of sp³-hybridized carbons (Fsp3) is 0.400. The third-order valence-corrected chi connectivity index (χ3v) is 4.65. The van der Waals surface area contributed by atoms with Gasteiger partial charge in [0.05, 0.1) is 18.3 Å². The second-order valence-corrected chi connectivity index (χ2v) is 6.34. The molecule has 1 heterocycles. The smallest absolute Gasteiger partial charge is 0.0817 e. The van der Waals surface area contributed by atoms with E-state index in [2.05, 4.69) is 17.4 Å². The minimum atomic E-state index is -0.481. The van der Waals surface area contributed by atoms with E-state index in [4.69, 9.17) is 4.74 Å². The molecule has 2 N–H and O–H groups in total. The van der Waals surface area contributed by atoms with E-state index < -0.39 is 6.10 Å². The lowest BCUT2D eigenvalue weighted by Crippen LogP contribution is -2.45. The maximum atomic E-state index is 10.6. The van der Waals surface area contributed by atoms with Crippen LogP contribution in [0.5, 0.6) is 0 Å². The van der Waals surface area contributed by atoms with E-state index in [-0.39, 0.29) is 18.0 Å². The zero-order valence-electron chi connectivity index (χ0n) is 13.9. The number of piperidine rings is 1. The normalized spacial score (nSPS) is 17.7. The molecule has 1 fully saturated rings. The summed E-state index contributed by atoms with van der Waals surface area (Å²) < 4.78 is 6.35. The molecule has 0 radical (unpaired) electrons. The lowest BCUT2D eigenvalue weighted by molar-refractivity contribution is -0.101. The minimum Gasteiger partial charge on any atom is -0.388 e. The van der Waals surface area contributed by atoms with Crippen molar-refractivity contribution < 1.29 is 9.84 Å². The van der Waals surface area contributed by atoms with Crippen LogP contribution >= 0.6 is 12.4 Å². The fourth-order valence-electron chi connectivity index (χ4n) is 3.25. The highest BCUT2D eigenvalue weighted by Gasteiger charge is 2.35. The molecule has 24 heavy (non-hydrogen) atoms. The second-order valence-electron chi connectivity index (χ2n) is 6.34. The van der Waals surface area contributed by atoms with Crippen molar-refractivity contribution in [2.45, 2.75) is 37.6 Å². The second kappa shape index (κ2) is 9.19. The van der Waals surface area contributed by atoms with Crippen LogP contribution in [0.2, 0.25) is 0 Å². The number of nitrogens with one attached hydrogen (secondary N) is 1. The van der Waals surface area contributed by atoms with Crippen LogP contribution in [0.15, 0.2) is 60.7 Å². The molecule has 3 nitrogen and oxygen atoms in total. The molecule has 2 aromatic carbocycles. The lowest BCUT2D eigenvalue weighted by atomic mass is 9.84. The van der Waals surface area contributed by atoms with Crippen molar-refractivity contribution in [1.82, 2.24) is 5.32 Å². The van der Waals surface area contributed by atoms with Gasteiger partial charge in [-0.25, -0.2) is 0 Å². The number of rotatable bonds is 6. The Morgan fingerprint density at radius 3 is 2.17 bits per heavy atom. The molecule has 0 amide bonds. The van der Waals surface area contributed by atoms with E-state index >= 15 is 0 Å². The Morgan fingerprint density at radius 1 is 0.958 bits per heavy atom. The molecule has 1 saturated heterocycles. The van der Waals surface area contributed by atoms with Crippen molar-refractivity contribution in [1.29, 1.82) is 0 Å². The first-order valence-corrected chi connectivity index (χ1v) is 8.39. The van der Waals surface area contributed by atoms with Gasteiger partial charge < -0.3 is 15.2 Å². The molecule has 1 aliphatic rings. The fourth-order valence-corrected chi connectivity index (χ4v) is 3.25. The Balaban J connectivity index is 0.00000208. The number of aliphatic hydroxyl groups is 1. The van der Waals surface area contributed by atoms with Gasteiger partial charge in [-0.1, -0.05) is 60.7 Å². The molecule has 1 atom stereocenters. The Labute approximate surface area is 150 Å². The van der Waals surface area contributed by atoms with Crippen molar-refractivity contribution in [2.24, 2.45) is 0 Å². The number of ether oxygens (including phenoxy) is 1. The molecule has 2 aromatic rings. The van der Waals surface area contributed by atoms with Gasteiger partial charge in [0.1, 0.15) is 0 Å². The molecular weight excluding hydrogens is 322 g/mol. The van der Waals surface area contributed by atoms with Gasteiger partial charge in [0.15, 0.2) is 0 Å². The first-order valence-electron chi connectivity index (χ1n) is 8.39. The standard InChI is InChI=1S/C20H25NO2.ClH/c22-19(18-9-5-2-6-10-18)15-20(11-13-21-14-12-20)23-16-17-7-3-1-4-8-17;/h1-10,19,21-22H,11-16H2;1H. The summed E-state index contributed by atoms with van der Waals surface area (Å²) in [6.07, 6.45) is 2.03. The average molecular weight is 348 g/mol. The zero-order valence-corrected chi connectivity index (χ0v) is 14.7. The summed E-state index contributed by atoms with van der Waals surface area (Å²) in [6, 6.07) is 20.1. The maximum absolute atomic E-state index is 10.6. The Hall–Kier alpha value is -1.39. The maximum Gasteiger partial charge on any atom is 0.0817 e. The molecule has 0 saturated carbocycles. The number of hydrogen-bond acceptors (Lipinski definition) is 3. The van der Waals surface area contributed by atoms with Gasteiger partial charge in [-0.15, -0.1) is 12.4 Å². The largest absolute Gasteiger partial charge is 0.388 e. The van der Waals surface area contributed by atoms with Gasteiger partial charge in [0.25, 0.3) is 0 Å². The van der Waals surface area contributed by atoms with E-state index in [1.807, 2.05) is 48.5 Å². The molecule has 0 aliphatic carbocycles. The molecule has 4 heteroatoms. The third-order valence-electron chi connectivity index (χ3n) is 4.65. The monoisotopic (exact) mass is 347 g/mol. The molecule has 1 unspecified atom stereocenters. The highest BCUT2D eigenvalue weighted by atomic mass is 35.5. The van der Waals surface area contributed by atoms with E-state index in [0.29, 0.717) is 13.0 Å². The van der Waals surface area contributed by atoms with E-state index in [0.717, 1.165) is 31.5 Å². The quantitative estimate of drug-likeness (QED) is 0.833. The van der Waals surface area contributed by atoms with E-state index in [1.54, 1.807) is 0 Å². The van der Waals surface area contributed by atoms with Gasteiger partial charge >= 0.3 is 0 Å². The average Bonchev–Trinajstić information content (AvgIpc) is 2.62. The predicted molar refractivity (Wildman–Crippen MR) is 99.3 cm³/mol. The van der Waals surface area contributed by atoms with Crippen LogP contribution in [-0.4, -0.2) is 23.8 Å². The van der Waals surface area contributed by atoms with E-state index in [1.165, 1.54) is 5.56 Å². The summed E-state index contributed by atoms with van der Waals surface area (Å²) in [6.45, 7) is 2.48. The topological polar surface area (TPSA) is 41.5 Å². The Kier molecular flexibility index (Phi) is 7.25. The lowest BCUT2D eigenvalue weighted by Gasteiger charge is -2.39. The van der Waals surface area contributed by atoms with Crippen LogP contribution in [0.1, 0.15) is 36.5 Å². The summed E-state index contributed by atoms with van der Waals surface area (Å²) in [5, 5.41) is 14.0. The number of halogens is 1. The first kappa shape index (κ1) is 18.9. The van der Waals surface area contributed by atoms with Crippen LogP contribution in [0.4, 0.5) is 0 Å². The van der Waals surface area contributed by atoms with Crippen molar-refractivity contribution >= 4 is 12.4 Å². The highest BCUT2D eigenvalue weighted by Crippen LogP contribution is 2.34. The SMILES string of the molecule is Cl.OC(CC1(OCc2ccccc2)CCNCC1)c1ccccc1. The van der Waals surface area contributed by atoms with Crippen LogP contribution in [0, 0.1) is 0 Å². The Morgan fingerprint density at radius 2 is 1.54 bits per heavy atom. The highest BCUT2D eigenvalue weighted by molar-refractivity contribution is 5.85. The van der Waals surface area contributed by atoms with Crippen molar-refractivity contribution in [3.05, 3.63) is 71.8 Å². The van der Waals surface area contributed by atoms with Gasteiger partial charge in [0, 0.05) is 6.42 Å². The molecule has 3 rings (SSSR count). The molecular formula is C20H26ClNO2. The van der Waals surface area contributed by atoms with Crippen molar-refractivity contribution in [3.8, 4) is 0 Å². The molecule has 0 bridgehead atoms. The first-order chi connectivity index (χ1) is 11.3. The van der Waals surface area contributed by atoms with Crippen molar-refractivity contribution in [2.75, 3.05) is 13.1 Å². The van der Waals surface area contributed by atoms with Crippen LogP contribution < -0.4 is 5.32 Å². The molecule has 0 spiro atoms. The van der Waals surface area contributed by atoms with Gasteiger partial charge in [-0.2, -0.15) is 0 Å². The molecule has 0 aromatic heterocycles. The summed E-state index contributed by atoms with van der Waals surface area (Å²) >= 11 is 0. The van der Waals surface area contributed by atoms with E-state index in [9.17, 15) is 5.11 Å². The summed E-state index contributed by atoms with van der Waals surface area (Å²) in [4.78, 5) is 0. The molecule has 130 valence electrons. The van der Waals surface area contributed by atoms with Crippen molar-refractivity contribution in [3.63, 3.8) is 0 Å². The van der Waals surface area contributed by atoms with Gasteiger partial charge in [-0.3, -0.25) is 0 Å². The summed E-state index contributed by atoms with van der Waals surface area (Å²) in [7, 11) is 0. The number of hydrogen-bond donors (Lipinski definition) is 2. The number of aliphatic hydroxyl groups excluding tert-OH is 1. The van der Waals surface area contributed by atoms with Crippen LogP contribution in [0.3, 0.4) is 0 Å².